The van der Waals surface area contributed by atoms with Gasteiger partial charge in [-0.3, -0.25) is 9.97 Å². The van der Waals surface area contributed by atoms with Gasteiger partial charge in [-0.15, -0.1) is 0 Å². The highest BCUT2D eigenvalue weighted by Gasteiger charge is 2.02. The van der Waals surface area contributed by atoms with Gasteiger partial charge in [0.05, 0.1) is 17.9 Å². The van der Waals surface area contributed by atoms with Gasteiger partial charge in [-0.1, -0.05) is 24.3 Å². The zero-order valence-electron chi connectivity index (χ0n) is 11.5. The molecule has 0 aliphatic rings. The van der Waals surface area contributed by atoms with Gasteiger partial charge in [0.2, 0.25) is 0 Å². The second kappa shape index (κ2) is 6.15. The first-order valence-electron chi connectivity index (χ1n) is 6.72. The number of benzene rings is 1. The van der Waals surface area contributed by atoms with Crippen LogP contribution >= 0.6 is 0 Å². The number of nitrogen functional groups attached to an aromatic ring is 1. The standard InChI is InChI=1S/C15H16N6/c16-21-14-10-17-9-13(20-14)18-8-6-12-4-1-3-11-5-2-7-19-15(11)12/h1-5,7,9-10H,6,8,16H2,(H2,18,20,21). The molecule has 1 aromatic carbocycles. The Hall–Kier alpha value is -2.73. The molecule has 4 N–H and O–H groups in total. The van der Waals surface area contributed by atoms with E-state index in [9.17, 15) is 0 Å². The van der Waals surface area contributed by atoms with Crippen LogP contribution in [0.5, 0.6) is 0 Å². The Morgan fingerprint density at radius 1 is 1.05 bits per heavy atom. The molecule has 3 rings (SSSR count). The molecule has 0 spiro atoms. The zero-order chi connectivity index (χ0) is 14.5. The quantitative estimate of drug-likeness (QED) is 0.489. The maximum Gasteiger partial charge on any atom is 0.160 e. The SMILES string of the molecule is NNc1cncc(NCCc2cccc3cccnc23)n1. The van der Waals surface area contributed by atoms with E-state index in [0.717, 1.165) is 23.9 Å². The molecule has 0 unspecified atom stereocenters. The van der Waals surface area contributed by atoms with Crippen LogP contribution < -0.4 is 16.6 Å². The number of hydrazine groups is 1. The Morgan fingerprint density at radius 2 is 1.90 bits per heavy atom. The minimum Gasteiger partial charge on any atom is -0.368 e. The number of rotatable bonds is 5. The highest BCUT2D eigenvalue weighted by Crippen LogP contribution is 2.16. The third-order valence-corrected chi connectivity index (χ3v) is 3.20. The van der Waals surface area contributed by atoms with Gasteiger partial charge in [-0.25, -0.2) is 10.8 Å². The Balaban J connectivity index is 1.69. The van der Waals surface area contributed by atoms with Crippen molar-refractivity contribution in [3.8, 4) is 0 Å². The van der Waals surface area contributed by atoms with Crippen molar-refractivity contribution in [1.29, 1.82) is 0 Å². The van der Waals surface area contributed by atoms with Crippen LogP contribution in [0.15, 0.2) is 48.9 Å². The van der Waals surface area contributed by atoms with Gasteiger partial charge in [-0.2, -0.15) is 0 Å². The molecule has 0 atom stereocenters. The van der Waals surface area contributed by atoms with Gasteiger partial charge in [0.1, 0.15) is 5.82 Å². The van der Waals surface area contributed by atoms with E-state index in [1.54, 1.807) is 12.4 Å². The van der Waals surface area contributed by atoms with Gasteiger partial charge in [-0.05, 0) is 18.1 Å². The molecule has 21 heavy (non-hydrogen) atoms. The summed E-state index contributed by atoms with van der Waals surface area (Å²) in [4.78, 5) is 12.8. The minimum absolute atomic E-state index is 0.534. The number of anilines is 2. The molecular formula is C15H16N6. The number of para-hydroxylation sites is 1. The number of aromatic nitrogens is 3. The van der Waals surface area contributed by atoms with Crippen LogP contribution in [0.4, 0.5) is 11.6 Å². The topological polar surface area (TPSA) is 88.8 Å². The van der Waals surface area contributed by atoms with E-state index >= 15 is 0 Å². The molecule has 0 amide bonds. The third kappa shape index (κ3) is 3.06. The summed E-state index contributed by atoms with van der Waals surface area (Å²) in [5.41, 5.74) is 4.73. The highest BCUT2D eigenvalue weighted by atomic mass is 15.3. The van der Waals surface area contributed by atoms with Crippen LogP contribution in [0.25, 0.3) is 10.9 Å². The molecular weight excluding hydrogens is 264 g/mol. The predicted molar refractivity (Wildman–Crippen MR) is 83.8 cm³/mol. The first kappa shape index (κ1) is 13.3. The number of pyridine rings is 1. The Kier molecular flexibility index (Phi) is 3.88. The Morgan fingerprint density at radius 3 is 2.81 bits per heavy atom. The summed E-state index contributed by atoms with van der Waals surface area (Å²) in [5.74, 6) is 6.54. The molecule has 106 valence electrons. The number of nitrogens with zero attached hydrogens (tertiary/aromatic N) is 3. The molecule has 2 aromatic heterocycles. The summed E-state index contributed by atoms with van der Waals surface area (Å²) in [6.07, 6.45) is 5.92. The highest BCUT2D eigenvalue weighted by molar-refractivity contribution is 5.81. The van der Waals surface area contributed by atoms with Gasteiger partial charge in [0.25, 0.3) is 0 Å². The predicted octanol–water partition coefficient (Wildman–Crippen LogP) is 1.97. The number of fused-ring (bicyclic) bond motifs is 1. The van der Waals surface area contributed by atoms with Gasteiger partial charge in [0.15, 0.2) is 5.82 Å². The molecule has 0 fully saturated rings. The van der Waals surface area contributed by atoms with Crippen LogP contribution in [0.2, 0.25) is 0 Å². The van der Waals surface area contributed by atoms with Gasteiger partial charge < -0.3 is 10.7 Å². The second-order valence-corrected chi connectivity index (χ2v) is 4.60. The van der Waals surface area contributed by atoms with Crippen molar-refractivity contribution in [2.45, 2.75) is 6.42 Å². The largest absolute Gasteiger partial charge is 0.368 e. The van der Waals surface area contributed by atoms with Crippen LogP contribution in [0, 0.1) is 0 Å². The van der Waals surface area contributed by atoms with E-state index in [4.69, 9.17) is 5.84 Å². The molecule has 0 bridgehead atoms. The number of hydrogen-bond donors (Lipinski definition) is 3. The second-order valence-electron chi connectivity index (χ2n) is 4.60. The fourth-order valence-electron chi connectivity index (χ4n) is 2.22. The monoisotopic (exact) mass is 280 g/mol. The van der Waals surface area contributed by atoms with Crippen LogP contribution in [-0.2, 0) is 6.42 Å². The Labute approximate surface area is 122 Å². The van der Waals surface area contributed by atoms with Crippen molar-refractivity contribution in [2.75, 3.05) is 17.3 Å². The molecule has 2 heterocycles. The molecule has 6 heteroatoms. The summed E-state index contributed by atoms with van der Waals surface area (Å²) in [6.45, 7) is 0.748. The molecule has 3 aromatic rings. The maximum atomic E-state index is 5.31. The smallest absolute Gasteiger partial charge is 0.160 e. The first-order chi connectivity index (χ1) is 10.4. The van der Waals surface area contributed by atoms with E-state index in [1.165, 1.54) is 5.56 Å². The van der Waals surface area contributed by atoms with Crippen molar-refractivity contribution in [3.63, 3.8) is 0 Å². The van der Waals surface area contributed by atoms with Crippen molar-refractivity contribution in [3.05, 3.63) is 54.5 Å². The summed E-state index contributed by atoms with van der Waals surface area (Å²) in [7, 11) is 0. The third-order valence-electron chi connectivity index (χ3n) is 3.20. The van der Waals surface area contributed by atoms with E-state index in [0.29, 0.717) is 11.6 Å². The van der Waals surface area contributed by atoms with Crippen molar-refractivity contribution < 1.29 is 0 Å². The molecule has 0 aliphatic heterocycles. The van der Waals surface area contributed by atoms with Crippen molar-refractivity contribution in [1.82, 2.24) is 15.0 Å². The zero-order valence-corrected chi connectivity index (χ0v) is 11.5. The average molecular weight is 280 g/mol. The average Bonchev–Trinajstić information content (AvgIpc) is 2.55. The van der Waals surface area contributed by atoms with Crippen LogP contribution in [0.1, 0.15) is 5.56 Å². The molecule has 0 aliphatic carbocycles. The van der Waals surface area contributed by atoms with E-state index in [1.807, 2.05) is 12.3 Å². The lowest BCUT2D eigenvalue weighted by Gasteiger charge is -2.08. The lowest BCUT2D eigenvalue weighted by molar-refractivity contribution is 1.00. The normalized spacial score (nSPS) is 10.5. The van der Waals surface area contributed by atoms with Gasteiger partial charge in [0, 0.05) is 18.1 Å². The molecule has 0 saturated carbocycles. The van der Waals surface area contributed by atoms with Crippen LogP contribution in [-0.4, -0.2) is 21.5 Å². The maximum absolute atomic E-state index is 5.31. The first-order valence-corrected chi connectivity index (χ1v) is 6.72. The number of nitrogens with two attached hydrogens (primary N) is 1. The fraction of sp³-hybridized carbons (Fsp3) is 0.133. The number of nitrogens with one attached hydrogen (secondary N) is 2. The van der Waals surface area contributed by atoms with Crippen molar-refractivity contribution >= 4 is 22.5 Å². The summed E-state index contributed by atoms with van der Waals surface area (Å²) < 4.78 is 0. The summed E-state index contributed by atoms with van der Waals surface area (Å²) in [6, 6.07) is 10.2. The minimum atomic E-state index is 0.534. The molecule has 0 saturated heterocycles. The lowest BCUT2D eigenvalue weighted by atomic mass is 10.1. The fourth-order valence-corrected chi connectivity index (χ4v) is 2.22. The van der Waals surface area contributed by atoms with E-state index in [-0.39, 0.29) is 0 Å². The van der Waals surface area contributed by atoms with E-state index < -0.39 is 0 Å². The van der Waals surface area contributed by atoms with Crippen LogP contribution in [0.3, 0.4) is 0 Å². The van der Waals surface area contributed by atoms with Crippen molar-refractivity contribution in [2.24, 2.45) is 5.84 Å². The molecule has 6 nitrogen and oxygen atoms in total. The van der Waals surface area contributed by atoms with Gasteiger partial charge >= 0.3 is 0 Å². The Bertz CT molecular complexity index is 738. The number of hydrogen-bond acceptors (Lipinski definition) is 6. The summed E-state index contributed by atoms with van der Waals surface area (Å²) in [5, 5.41) is 4.39. The lowest BCUT2D eigenvalue weighted by Crippen LogP contribution is -2.12. The molecule has 0 radical (unpaired) electrons. The van der Waals surface area contributed by atoms with E-state index in [2.05, 4.69) is 50.0 Å². The summed E-state index contributed by atoms with van der Waals surface area (Å²) >= 11 is 0.